The predicted molar refractivity (Wildman–Crippen MR) is 88.8 cm³/mol. The Morgan fingerprint density at radius 2 is 1.86 bits per heavy atom. The molecule has 0 unspecified atom stereocenters. The summed E-state index contributed by atoms with van der Waals surface area (Å²) >= 11 is 0. The Kier molecular flexibility index (Phi) is 4.34. The van der Waals surface area contributed by atoms with Gasteiger partial charge in [0, 0.05) is 24.2 Å². The Labute approximate surface area is 131 Å². The molecule has 2 N–H and O–H groups in total. The van der Waals surface area contributed by atoms with Gasteiger partial charge in [0.2, 0.25) is 0 Å². The summed E-state index contributed by atoms with van der Waals surface area (Å²) in [6.07, 6.45) is 0.689. The highest BCUT2D eigenvalue weighted by molar-refractivity contribution is 5.97. The van der Waals surface area contributed by atoms with Crippen molar-refractivity contribution in [2.75, 3.05) is 6.61 Å². The van der Waals surface area contributed by atoms with E-state index in [0.717, 1.165) is 34.3 Å². The Balaban J connectivity index is 2.87. The topological polar surface area (TPSA) is 62.5 Å². The van der Waals surface area contributed by atoms with E-state index in [4.69, 9.17) is 5.11 Å². The molecule has 2 aromatic rings. The van der Waals surface area contributed by atoms with Crippen LogP contribution in [0.25, 0.3) is 10.9 Å². The van der Waals surface area contributed by atoms with Crippen LogP contribution in [0, 0.1) is 13.8 Å². The predicted octanol–water partition coefficient (Wildman–Crippen LogP) is 3.64. The van der Waals surface area contributed by atoms with Crippen LogP contribution in [0.4, 0.5) is 0 Å². The fraction of sp³-hybridized carbons (Fsp3) is 0.500. The number of aliphatic hydroxyl groups is 1. The first-order valence-corrected chi connectivity index (χ1v) is 7.66. The van der Waals surface area contributed by atoms with Crippen molar-refractivity contribution in [3.05, 3.63) is 34.5 Å². The van der Waals surface area contributed by atoms with Crippen molar-refractivity contribution >= 4 is 16.9 Å². The lowest BCUT2D eigenvalue weighted by Crippen LogP contribution is -2.15. The van der Waals surface area contributed by atoms with Crippen LogP contribution in [0.2, 0.25) is 0 Å². The van der Waals surface area contributed by atoms with Crippen molar-refractivity contribution in [1.82, 2.24) is 4.57 Å². The zero-order valence-corrected chi connectivity index (χ0v) is 14.0. The van der Waals surface area contributed by atoms with Gasteiger partial charge in [-0.05, 0) is 48.9 Å². The first-order valence-electron chi connectivity index (χ1n) is 7.66. The lowest BCUT2D eigenvalue weighted by Gasteiger charge is -2.23. The number of benzene rings is 1. The zero-order chi connectivity index (χ0) is 16.7. The van der Waals surface area contributed by atoms with Crippen LogP contribution in [0.15, 0.2) is 12.1 Å². The molecule has 0 saturated carbocycles. The van der Waals surface area contributed by atoms with Gasteiger partial charge in [-0.2, -0.15) is 0 Å². The standard InChI is InChI=1S/C18H25NO3/c1-11-12(2)19(7-6-8-20)16-14(11)9-13(17(21)22)10-15(16)18(3,4)5/h9-10,20H,6-8H2,1-5H3,(H,21,22). The number of rotatable bonds is 4. The molecule has 0 aliphatic heterocycles. The molecule has 2 rings (SSSR count). The van der Waals surface area contributed by atoms with E-state index in [1.807, 2.05) is 6.92 Å². The van der Waals surface area contributed by atoms with Crippen LogP contribution < -0.4 is 0 Å². The van der Waals surface area contributed by atoms with Crippen LogP contribution in [0.1, 0.15) is 54.4 Å². The molecule has 4 nitrogen and oxygen atoms in total. The first-order chi connectivity index (χ1) is 10.2. The third-order valence-corrected chi connectivity index (χ3v) is 4.33. The molecule has 0 saturated heterocycles. The molecule has 1 aromatic carbocycles. The van der Waals surface area contributed by atoms with Gasteiger partial charge in [-0.25, -0.2) is 4.79 Å². The molecule has 1 heterocycles. The molecule has 0 bridgehead atoms. The molecule has 4 heteroatoms. The largest absolute Gasteiger partial charge is 0.478 e. The zero-order valence-electron chi connectivity index (χ0n) is 14.0. The number of aryl methyl sites for hydroxylation is 2. The van der Waals surface area contributed by atoms with E-state index in [1.54, 1.807) is 12.1 Å². The molecule has 0 atom stereocenters. The van der Waals surface area contributed by atoms with E-state index in [-0.39, 0.29) is 12.0 Å². The van der Waals surface area contributed by atoms with Gasteiger partial charge in [-0.1, -0.05) is 20.8 Å². The minimum absolute atomic E-state index is 0.149. The van der Waals surface area contributed by atoms with E-state index in [0.29, 0.717) is 12.0 Å². The van der Waals surface area contributed by atoms with Crippen molar-refractivity contribution in [2.45, 2.75) is 53.0 Å². The maximum atomic E-state index is 11.5. The number of carbonyl (C=O) groups is 1. The van der Waals surface area contributed by atoms with Crippen molar-refractivity contribution in [2.24, 2.45) is 0 Å². The molecular weight excluding hydrogens is 278 g/mol. The van der Waals surface area contributed by atoms with E-state index in [1.165, 1.54) is 0 Å². The second-order valence-electron chi connectivity index (χ2n) is 6.91. The molecule has 0 aliphatic carbocycles. The molecule has 0 amide bonds. The number of hydrogen-bond acceptors (Lipinski definition) is 2. The molecular formula is C18H25NO3. The number of hydrogen-bond donors (Lipinski definition) is 2. The number of aliphatic hydroxyl groups excluding tert-OH is 1. The van der Waals surface area contributed by atoms with Gasteiger partial charge >= 0.3 is 5.97 Å². The van der Waals surface area contributed by atoms with Gasteiger partial charge in [0.1, 0.15) is 0 Å². The Morgan fingerprint density at radius 1 is 1.23 bits per heavy atom. The SMILES string of the molecule is Cc1c(C)n(CCCO)c2c(C(C)(C)C)cc(C(=O)O)cc12. The summed E-state index contributed by atoms with van der Waals surface area (Å²) in [4.78, 5) is 11.5. The summed E-state index contributed by atoms with van der Waals surface area (Å²) in [5, 5.41) is 19.6. The first kappa shape index (κ1) is 16.6. The second kappa shape index (κ2) is 5.76. The molecule has 0 fully saturated rings. The summed E-state index contributed by atoms with van der Waals surface area (Å²) in [7, 11) is 0. The quantitative estimate of drug-likeness (QED) is 0.906. The Hall–Kier alpha value is -1.81. The van der Waals surface area contributed by atoms with Crippen molar-refractivity contribution in [3.63, 3.8) is 0 Å². The minimum atomic E-state index is -0.896. The van der Waals surface area contributed by atoms with E-state index >= 15 is 0 Å². The van der Waals surface area contributed by atoms with Crippen LogP contribution in [0.5, 0.6) is 0 Å². The van der Waals surface area contributed by atoms with Gasteiger partial charge in [0.05, 0.1) is 11.1 Å². The third kappa shape index (κ3) is 2.75. The highest BCUT2D eigenvalue weighted by Crippen LogP contribution is 2.36. The van der Waals surface area contributed by atoms with Crippen LogP contribution in [-0.4, -0.2) is 27.4 Å². The van der Waals surface area contributed by atoms with Crippen LogP contribution >= 0.6 is 0 Å². The number of aromatic carboxylic acids is 1. The highest BCUT2D eigenvalue weighted by atomic mass is 16.4. The van der Waals surface area contributed by atoms with E-state index in [9.17, 15) is 9.90 Å². The molecule has 0 spiro atoms. The second-order valence-corrected chi connectivity index (χ2v) is 6.91. The molecule has 120 valence electrons. The number of fused-ring (bicyclic) bond motifs is 1. The average Bonchev–Trinajstić information content (AvgIpc) is 2.67. The normalized spacial score (nSPS) is 12.1. The van der Waals surface area contributed by atoms with Crippen molar-refractivity contribution < 1.29 is 15.0 Å². The summed E-state index contributed by atoms with van der Waals surface area (Å²) < 4.78 is 2.22. The maximum absolute atomic E-state index is 11.5. The van der Waals surface area contributed by atoms with Crippen LogP contribution in [0.3, 0.4) is 0 Å². The smallest absolute Gasteiger partial charge is 0.335 e. The van der Waals surface area contributed by atoms with Gasteiger partial charge in [0.15, 0.2) is 0 Å². The third-order valence-electron chi connectivity index (χ3n) is 4.33. The van der Waals surface area contributed by atoms with Crippen molar-refractivity contribution in [3.8, 4) is 0 Å². The summed E-state index contributed by atoms with van der Waals surface area (Å²) in [5.41, 5.74) is 4.56. The van der Waals surface area contributed by atoms with E-state index < -0.39 is 5.97 Å². The average molecular weight is 303 g/mol. The number of carboxylic acids is 1. The number of aromatic nitrogens is 1. The maximum Gasteiger partial charge on any atom is 0.335 e. The molecule has 1 aromatic heterocycles. The Morgan fingerprint density at radius 3 is 2.36 bits per heavy atom. The molecule has 22 heavy (non-hydrogen) atoms. The van der Waals surface area contributed by atoms with Gasteiger partial charge in [-0.3, -0.25) is 0 Å². The molecule has 0 aliphatic rings. The summed E-state index contributed by atoms with van der Waals surface area (Å²) in [6, 6.07) is 3.56. The Bertz CT molecular complexity index is 720. The van der Waals surface area contributed by atoms with Crippen LogP contribution in [-0.2, 0) is 12.0 Å². The summed E-state index contributed by atoms with van der Waals surface area (Å²) in [5.74, 6) is -0.896. The fourth-order valence-corrected chi connectivity index (χ4v) is 2.98. The number of nitrogens with zero attached hydrogens (tertiary/aromatic N) is 1. The van der Waals surface area contributed by atoms with E-state index in [2.05, 4.69) is 32.3 Å². The summed E-state index contributed by atoms with van der Waals surface area (Å²) in [6.45, 7) is 11.3. The molecule has 0 radical (unpaired) electrons. The van der Waals surface area contributed by atoms with Gasteiger partial charge < -0.3 is 14.8 Å². The van der Waals surface area contributed by atoms with Gasteiger partial charge in [-0.15, -0.1) is 0 Å². The number of carboxylic acid groups (broad SMARTS) is 1. The van der Waals surface area contributed by atoms with Gasteiger partial charge in [0.25, 0.3) is 0 Å². The highest BCUT2D eigenvalue weighted by Gasteiger charge is 2.24. The lowest BCUT2D eigenvalue weighted by atomic mass is 9.84. The minimum Gasteiger partial charge on any atom is -0.478 e. The lowest BCUT2D eigenvalue weighted by molar-refractivity contribution is 0.0697. The monoisotopic (exact) mass is 303 g/mol. The van der Waals surface area contributed by atoms with Crippen molar-refractivity contribution in [1.29, 1.82) is 0 Å². The fourth-order valence-electron chi connectivity index (χ4n) is 2.98.